The molecule has 3 nitrogen and oxygen atoms in total. The van der Waals surface area contributed by atoms with Crippen molar-refractivity contribution in [2.75, 3.05) is 0 Å². The van der Waals surface area contributed by atoms with E-state index in [0.717, 1.165) is 10.0 Å². The smallest absolute Gasteiger partial charge is 0.302 e. The first-order chi connectivity index (χ1) is 6.09. The molecule has 0 heterocycles. The largest absolute Gasteiger partial charge is 0.508 e. The molecule has 0 unspecified atom stereocenters. The summed E-state index contributed by atoms with van der Waals surface area (Å²) in [5.41, 5.74) is 0.746. The van der Waals surface area contributed by atoms with Gasteiger partial charge in [-0.2, -0.15) is 0 Å². The molecule has 1 N–H and O–H groups in total. The fraction of sp³-hybridized carbons (Fsp3) is 0.222. The molecule has 0 radical (unpaired) electrons. The summed E-state index contributed by atoms with van der Waals surface area (Å²) in [5.74, 6) is -0.180. The number of carbonyl (C=O) groups excluding carboxylic acids is 1. The zero-order valence-electron chi connectivity index (χ0n) is 7.08. The van der Waals surface area contributed by atoms with Crippen molar-refractivity contribution in [2.24, 2.45) is 0 Å². The maximum absolute atomic E-state index is 10.5. The number of rotatable bonds is 2. The summed E-state index contributed by atoms with van der Waals surface area (Å²) in [4.78, 5) is 10.5. The Labute approximate surface area is 84.5 Å². The molecule has 0 amide bonds. The molecule has 0 aliphatic carbocycles. The van der Waals surface area contributed by atoms with Gasteiger partial charge in [0.25, 0.3) is 0 Å². The SMILES string of the molecule is CC(=O)OCc1cc(O)ccc1Br. The second-order valence-corrected chi connectivity index (χ2v) is 3.41. The first kappa shape index (κ1) is 10.1. The Morgan fingerprint density at radius 3 is 2.92 bits per heavy atom. The Morgan fingerprint density at radius 2 is 2.31 bits per heavy atom. The lowest BCUT2D eigenvalue weighted by molar-refractivity contribution is -0.142. The van der Waals surface area contributed by atoms with E-state index in [9.17, 15) is 4.79 Å². The van der Waals surface area contributed by atoms with Gasteiger partial charge in [-0.05, 0) is 18.2 Å². The van der Waals surface area contributed by atoms with Gasteiger partial charge in [0.1, 0.15) is 12.4 Å². The van der Waals surface area contributed by atoms with Crippen LogP contribution in [0.3, 0.4) is 0 Å². The number of hydrogen-bond donors (Lipinski definition) is 1. The van der Waals surface area contributed by atoms with Gasteiger partial charge < -0.3 is 9.84 Å². The topological polar surface area (TPSA) is 46.5 Å². The fourth-order valence-corrected chi connectivity index (χ4v) is 1.21. The molecule has 1 aromatic carbocycles. The van der Waals surface area contributed by atoms with E-state index >= 15 is 0 Å². The summed E-state index contributed by atoms with van der Waals surface area (Å²) in [5, 5.41) is 9.14. The van der Waals surface area contributed by atoms with E-state index in [0.29, 0.717) is 0 Å². The van der Waals surface area contributed by atoms with Gasteiger partial charge in [0.2, 0.25) is 0 Å². The third-order valence-electron chi connectivity index (χ3n) is 1.46. The van der Waals surface area contributed by atoms with E-state index in [-0.39, 0.29) is 18.3 Å². The highest BCUT2D eigenvalue weighted by molar-refractivity contribution is 9.10. The molecule has 0 aromatic heterocycles. The number of phenols is 1. The number of carbonyl (C=O) groups is 1. The maximum Gasteiger partial charge on any atom is 0.302 e. The van der Waals surface area contributed by atoms with Crippen LogP contribution in [-0.2, 0) is 16.1 Å². The van der Waals surface area contributed by atoms with E-state index in [1.165, 1.54) is 6.92 Å². The van der Waals surface area contributed by atoms with Gasteiger partial charge in [0, 0.05) is 17.0 Å². The Balaban J connectivity index is 2.75. The van der Waals surface area contributed by atoms with Crippen LogP contribution in [0.15, 0.2) is 22.7 Å². The molecular formula is C9H9BrO3. The number of phenolic OH excluding ortho intramolecular Hbond substituents is 1. The van der Waals surface area contributed by atoms with E-state index in [2.05, 4.69) is 15.9 Å². The van der Waals surface area contributed by atoms with Crippen molar-refractivity contribution in [2.45, 2.75) is 13.5 Å². The van der Waals surface area contributed by atoms with Crippen molar-refractivity contribution in [3.05, 3.63) is 28.2 Å². The standard InChI is InChI=1S/C9H9BrO3/c1-6(11)13-5-7-4-8(12)2-3-9(7)10/h2-4,12H,5H2,1H3. The number of benzene rings is 1. The molecule has 70 valence electrons. The van der Waals surface area contributed by atoms with Crippen LogP contribution < -0.4 is 0 Å². The summed E-state index contributed by atoms with van der Waals surface area (Å²) in [6.07, 6.45) is 0. The van der Waals surface area contributed by atoms with Gasteiger partial charge in [0.05, 0.1) is 0 Å². The van der Waals surface area contributed by atoms with Crippen LogP contribution in [0.1, 0.15) is 12.5 Å². The summed E-state index contributed by atoms with van der Waals surface area (Å²) in [7, 11) is 0. The Bertz CT molecular complexity index is 323. The van der Waals surface area contributed by atoms with Gasteiger partial charge >= 0.3 is 5.97 Å². The van der Waals surface area contributed by atoms with Crippen molar-refractivity contribution in [1.82, 2.24) is 0 Å². The van der Waals surface area contributed by atoms with Gasteiger partial charge in [-0.1, -0.05) is 15.9 Å². The summed E-state index contributed by atoms with van der Waals surface area (Å²) >= 11 is 3.28. The van der Waals surface area contributed by atoms with E-state index in [1.54, 1.807) is 18.2 Å². The fourth-order valence-electron chi connectivity index (χ4n) is 0.851. The minimum absolute atomic E-state index is 0.158. The number of aromatic hydroxyl groups is 1. The molecular weight excluding hydrogens is 236 g/mol. The molecule has 0 bridgehead atoms. The van der Waals surface area contributed by atoms with Crippen LogP contribution in [0.2, 0.25) is 0 Å². The molecule has 0 atom stereocenters. The van der Waals surface area contributed by atoms with Crippen LogP contribution in [0, 0.1) is 0 Å². The van der Waals surface area contributed by atoms with Gasteiger partial charge in [0.15, 0.2) is 0 Å². The first-order valence-corrected chi connectivity index (χ1v) is 4.49. The second kappa shape index (κ2) is 4.28. The van der Waals surface area contributed by atoms with Gasteiger partial charge in [-0.15, -0.1) is 0 Å². The summed E-state index contributed by atoms with van der Waals surface area (Å²) in [6.45, 7) is 1.51. The van der Waals surface area contributed by atoms with Crippen LogP contribution in [0.25, 0.3) is 0 Å². The molecule has 0 aliphatic heterocycles. The summed E-state index contributed by atoms with van der Waals surface area (Å²) < 4.78 is 5.60. The van der Waals surface area contributed by atoms with Crippen molar-refractivity contribution in [1.29, 1.82) is 0 Å². The Hall–Kier alpha value is -1.03. The van der Waals surface area contributed by atoms with E-state index < -0.39 is 0 Å². The normalized spacial score (nSPS) is 9.69. The van der Waals surface area contributed by atoms with Crippen LogP contribution in [0.4, 0.5) is 0 Å². The minimum Gasteiger partial charge on any atom is -0.508 e. The van der Waals surface area contributed by atoms with Crippen molar-refractivity contribution < 1.29 is 14.6 Å². The van der Waals surface area contributed by atoms with Crippen LogP contribution >= 0.6 is 15.9 Å². The zero-order chi connectivity index (χ0) is 9.84. The molecule has 0 spiro atoms. The van der Waals surface area contributed by atoms with Crippen molar-refractivity contribution in [3.8, 4) is 5.75 Å². The average Bonchev–Trinajstić information content (AvgIpc) is 2.06. The predicted molar refractivity (Wildman–Crippen MR) is 51.3 cm³/mol. The molecule has 0 saturated carbocycles. The Morgan fingerprint density at radius 1 is 1.62 bits per heavy atom. The van der Waals surface area contributed by atoms with Crippen molar-refractivity contribution in [3.63, 3.8) is 0 Å². The highest BCUT2D eigenvalue weighted by atomic mass is 79.9. The highest BCUT2D eigenvalue weighted by Gasteiger charge is 2.02. The van der Waals surface area contributed by atoms with Crippen LogP contribution in [0.5, 0.6) is 5.75 Å². The zero-order valence-corrected chi connectivity index (χ0v) is 8.67. The quantitative estimate of drug-likeness (QED) is 0.812. The molecule has 0 fully saturated rings. The molecule has 13 heavy (non-hydrogen) atoms. The molecule has 4 heteroatoms. The second-order valence-electron chi connectivity index (χ2n) is 2.56. The monoisotopic (exact) mass is 244 g/mol. The maximum atomic E-state index is 10.5. The third kappa shape index (κ3) is 3.06. The van der Waals surface area contributed by atoms with Crippen molar-refractivity contribution >= 4 is 21.9 Å². The lowest BCUT2D eigenvalue weighted by Crippen LogP contribution is -1.99. The number of hydrogen-bond acceptors (Lipinski definition) is 3. The number of esters is 1. The highest BCUT2D eigenvalue weighted by Crippen LogP contribution is 2.22. The molecule has 1 aromatic rings. The lowest BCUT2D eigenvalue weighted by atomic mass is 10.2. The Kier molecular flexibility index (Phi) is 3.31. The molecule has 0 saturated heterocycles. The number of halogens is 1. The van der Waals surface area contributed by atoms with E-state index in [4.69, 9.17) is 9.84 Å². The minimum atomic E-state index is -0.338. The predicted octanol–water partition coefficient (Wildman–Crippen LogP) is 2.22. The van der Waals surface area contributed by atoms with E-state index in [1.807, 2.05) is 0 Å². The number of ether oxygens (including phenoxy) is 1. The molecule has 0 aliphatic rings. The van der Waals surface area contributed by atoms with Crippen LogP contribution in [-0.4, -0.2) is 11.1 Å². The lowest BCUT2D eigenvalue weighted by Gasteiger charge is -2.04. The third-order valence-corrected chi connectivity index (χ3v) is 2.23. The van der Waals surface area contributed by atoms with Gasteiger partial charge in [-0.3, -0.25) is 4.79 Å². The average molecular weight is 245 g/mol. The molecule has 1 rings (SSSR count). The van der Waals surface area contributed by atoms with Gasteiger partial charge in [-0.25, -0.2) is 0 Å². The summed E-state index contributed by atoms with van der Waals surface area (Å²) in [6, 6.07) is 4.81. The first-order valence-electron chi connectivity index (χ1n) is 3.70.